The zero-order valence-corrected chi connectivity index (χ0v) is 15.6. The summed E-state index contributed by atoms with van der Waals surface area (Å²) >= 11 is 0. The van der Waals surface area contributed by atoms with Crippen molar-refractivity contribution in [1.29, 1.82) is 0 Å². The predicted molar refractivity (Wildman–Crippen MR) is 115 cm³/mol. The van der Waals surface area contributed by atoms with Crippen molar-refractivity contribution in [3.8, 4) is 34.5 Å². The third-order valence-corrected chi connectivity index (χ3v) is 4.08. The lowest BCUT2D eigenvalue weighted by molar-refractivity contribution is 0.451. The number of nitrogens with two attached hydrogens (primary N) is 2. The standard InChI is InChI=1S/C24H20N2O3/c25-17-7-11-19(12-8-17)27-21-3-1-5-23(15-21)29-24-6-2-4-22(16-24)28-20-13-9-18(26)10-14-20/h1-16H,25-26H2. The first kappa shape index (κ1) is 18.3. The van der Waals surface area contributed by atoms with Gasteiger partial charge in [-0.1, -0.05) is 12.1 Å². The van der Waals surface area contributed by atoms with Gasteiger partial charge in [0.25, 0.3) is 0 Å². The Balaban J connectivity index is 1.46. The molecule has 144 valence electrons. The van der Waals surface area contributed by atoms with E-state index in [1.165, 1.54) is 0 Å². The molecule has 4 aromatic rings. The molecule has 4 N–H and O–H groups in total. The molecule has 0 aliphatic carbocycles. The Morgan fingerprint density at radius 1 is 0.379 bits per heavy atom. The summed E-state index contributed by atoms with van der Waals surface area (Å²) in [5.41, 5.74) is 12.8. The molecule has 29 heavy (non-hydrogen) atoms. The summed E-state index contributed by atoms with van der Waals surface area (Å²) < 4.78 is 17.7. The highest BCUT2D eigenvalue weighted by Crippen LogP contribution is 2.31. The van der Waals surface area contributed by atoms with Gasteiger partial charge in [-0.2, -0.15) is 0 Å². The Morgan fingerprint density at radius 2 is 0.690 bits per heavy atom. The van der Waals surface area contributed by atoms with E-state index < -0.39 is 0 Å². The topological polar surface area (TPSA) is 79.7 Å². The molecule has 4 aromatic carbocycles. The van der Waals surface area contributed by atoms with Crippen LogP contribution in [0.1, 0.15) is 0 Å². The van der Waals surface area contributed by atoms with Crippen molar-refractivity contribution in [2.75, 3.05) is 11.5 Å². The maximum absolute atomic E-state index is 5.97. The molecule has 5 nitrogen and oxygen atoms in total. The summed E-state index contributed by atoms with van der Waals surface area (Å²) in [6, 6.07) is 29.3. The van der Waals surface area contributed by atoms with Crippen molar-refractivity contribution in [3.05, 3.63) is 97.1 Å². The number of rotatable bonds is 6. The smallest absolute Gasteiger partial charge is 0.131 e. The Bertz CT molecular complexity index is 1000. The second-order valence-electron chi connectivity index (χ2n) is 6.39. The Hall–Kier alpha value is -4.12. The average molecular weight is 384 g/mol. The molecule has 4 rings (SSSR count). The van der Waals surface area contributed by atoms with E-state index in [9.17, 15) is 0 Å². The molecule has 0 heterocycles. The van der Waals surface area contributed by atoms with Crippen LogP contribution in [0.4, 0.5) is 11.4 Å². The van der Waals surface area contributed by atoms with Crippen LogP contribution in [0, 0.1) is 0 Å². The van der Waals surface area contributed by atoms with Crippen LogP contribution in [0.3, 0.4) is 0 Å². The van der Waals surface area contributed by atoms with E-state index >= 15 is 0 Å². The highest BCUT2D eigenvalue weighted by molar-refractivity contribution is 5.46. The van der Waals surface area contributed by atoms with Crippen LogP contribution in [0.5, 0.6) is 34.5 Å². The van der Waals surface area contributed by atoms with E-state index in [1.807, 2.05) is 72.8 Å². The summed E-state index contributed by atoms with van der Waals surface area (Å²) in [6.07, 6.45) is 0. The molecular weight excluding hydrogens is 364 g/mol. The average Bonchev–Trinajstić information content (AvgIpc) is 2.72. The van der Waals surface area contributed by atoms with E-state index in [0.717, 1.165) is 0 Å². The van der Waals surface area contributed by atoms with E-state index in [-0.39, 0.29) is 0 Å². The molecule has 0 aromatic heterocycles. The molecule has 5 heteroatoms. The third-order valence-electron chi connectivity index (χ3n) is 4.08. The zero-order valence-electron chi connectivity index (χ0n) is 15.6. The second-order valence-corrected chi connectivity index (χ2v) is 6.39. The fourth-order valence-corrected chi connectivity index (χ4v) is 2.68. The number of nitrogen functional groups attached to an aromatic ring is 2. The van der Waals surface area contributed by atoms with Crippen LogP contribution in [-0.4, -0.2) is 0 Å². The third kappa shape index (κ3) is 4.99. The van der Waals surface area contributed by atoms with Gasteiger partial charge in [-0.15, -0.1) is 0 Å². The molecule has 0 atom stereocenters. The van der Waals surface area contributed by atoms with Gasteiger partial charge in [0.1, 0.15) is 34.5 Å². The minimum atomic E-state index is 0.655. The maximum atomic E-state index is 5.97. The van der Waals surface area contributed by atoms with Gasteiger partial charge in [0.2, 0.25) is 0 Å². The lowest BCUT2D eigenvalue weighted by Crippen LogP contribution is -1.89. The van der Waals surface area contributed by atoms with Crippen molar-refractivity contribution in [2.45, 2.75) is 0 Å². The number of benzene rings is 4. The van der Waals surface area contributed by atoms with Crippen molar-refractivity contribution in [2.24, 2.45) is 0 Å². The Kier molecular flexibility index (Phi) is 5.21. The minimum absolute atomic E-state index is 0.655. The molecule has 0 radical (unpaired) electrons. The van der Waals surface area contributed by atoms with Gasteiger partial charge in [0.15, 0.2) is 0 Å². The first-order chi connectivity index (χ1) is 14.1. The number of hydrogen-bond acceptors (Lipinski definition) is 5. The fraction of sp³-hybridized carbons (Fsp3) is 0. The van der Waals surface area contributed by atoms with Crippen molar-refractivity contribution in [1.82, 2.24) is 0 Å². The van der Waals surface area contributed by atoms with Crippen LogP contribution in [0.15, 0.2) is 97.1 Å². The molecule has 0 saturated heterocycles. The van der Waals surface area contributed by atoms with Gasteiger partial charge in [-0.3, -0.25) is 0 Å². The summed E-state index contributed by atoms with van der Waals surface area (Å²) in [5, 5.41) is 0. The zero-order chi connectivity index (χ0) is 20.1. The van der Waals surface area contributed by atoms with Gasteiger partial charge in [0, 0.05) is 23.5 Å². The fourth-order valence-electron chi connectivity index (χ4n) is 2.68. The molecule has 0 spiro atoms. The Morgan fingerprint density at radius 3 is 1.03 bits per heavy atom. The summed E-state index contributed by atoms with van der Waals surface area (Å²) in [6.45, 7) is 0. The summed E-state index contributed by atoms with van der Waals surface area (Å²) in [4.78, 5) is 0. The SMILES string of the molecule is Nc1ccc(Oc2cccc(Oc3cccc(Oc4ccc(N)cc4)c3)c2)cc1. The highest BCUT2D eigenvalue weighted by atomic mass is 16.5. The van der Waals surface area contributed by atoms with Crippen LogP contribution in [0.2, 0.25) is 0 Å². The molecule has 0 aliphatic rings. The van der Waals surface area contributed by atoms with E-state index in [1.54, 1.807) is 24.3 Å². The van der Waals surface area contributed by atoms with Gasteiger partial charge < -0.3 is 25.7 Å². The molecule has 0 unspecified atom stereocenters. The summed E-state index contributed by atoms with van der Waals surface area (Å²) in [7, 11) is 0. The monoisotopic (exact) mass is 384 g/mol. The van der Waals surface area contributed by atoms with Gasteiger partial charge >= 0.3 is 0 Å². The minimum Gasteiger partial charge on any atom is -0.457 e. The molecule has 0 aliphatic heterocycles. The molecule has 0 amide bonds. The normalized spacial score (nSPS) is 10.3. The van der Waals surface area contributed by atoms with Crippen molar-refractivity contribution >= 4 is 11.4 Å². The van der Waals surface area contributed by atoms with Gasteiger partial charge in [-0.05, 0) is 72.8 Å². The number of ether oxygens (including phenoxy) is 3. The predicted octanol–water partition coefficient (Wildman–Crippen LogP) is 6.23. The lowest BCUT2D eigenvalue weighted by atomic mass is 10.3. The van der Waals surface area contributed by atoms with E-state index in [4.69, 9.17) is 25.7 Å². The summed E-state index contributed by atoms with van der Waals surface area (Å²) in [5.74, 6) is 4.05. The highest BCUT2D eigenvalue weighted by Gasteiger charge is 2.04. The Labute approximate surface area is 169 Å². The van der Waals surface area contributed by atoms with Crippen LogP contribution < -0.4 is 25.7 Å². The van der Waals surface area contributed by atoms with Crippen LogP contribution in [0.25, 0.3) is 0 Å². The quantitative estimate of drug-likeness (QED) is 0.385. The molecule has 0 fully saturated rings. The van der Waals surface area contributed by atoms with E-state index in [0.29, 0.717) is 45.9 Å². The largest absolute Gasteiger partial charge is 0.457 e. The first-order valence-corrected chi connectivity index (χ1v) is 9.09. The van der Waals surface area contributed by atoms with Gasteiger partial charge in [0.05, 0.1) is 0 Å². The van der Waals surface area contributed by atoms with Crippen molar-refractivity contribution in [3.63, 3.8) is 0 Å². The first-order valence-electron chi connectivity index (χ1n) is 9.09. The van der Waals surface area contributed by atoms with Crippen LogP contribution in [-0.2, 0) is 0 Å². The van der Waals surface area contributed by atoms with E-state index in [2.05, 4.69) is 0 Å². The molecule has 0 saturated carbocycles. The maximum Gasteiger partial charge on any atom is 0.131 e. The molecule has 0 bridgehead atoms. The second kappa shape index (κ2) is 8.27. The lowest BCUT2D eigenvalue weighted by Gasteiger charge is -2.11. The van der Waals surface area contributed by atoms with Crippen LogP contribution >= 0.6 is 0 Å². The molecular formula is C24H20N2O3. The van der Waals surface area contributed by atoms with Crippen molar-refractivity contribution < 1.29 is 14.2 Å². The number of hydrogen-bond donors (Lipinski definition) is 2. The van der Waals surface area contributed by atoms with Gasteiger partial charge in [-0.25, -0.2) is 0 Å². The number of anilines is 2.